The van der Waals surface area contributed by atoms with E-state index >= 15 is 0 Å². The Morgan fingerprint density at radius 2 is 1.69 bits per heavy atom. The van der Waals surface area contributed by atoms with Gasteiger partial charge in [-0.25, -0.2) is 8.42 Å². The molecule has 0 radical (unpaired) electrons. The highest BCUT2D eigenvalue weighted by Crippen LogP contribution is 2.31. The number of anilines is 2. The predicted molar refractivity (Wildman–Crippen MR) is 131 cm³/mol. The average Bonchev–Trinajstić information content (AvgIpc) is 2.75. The molecule has 5 nitrogen and oxygen atoms in total. The summed E-state index contributed by atoms with van der Waals surface area (Å²) in [6.45, 7) is 9.54. The Labute approximate surface area is 194 Å². The van der Waals surface area contributed by atoms with Crippen molar-refractivity contribution in [1.82, 2.24) is 0 Å². The van der Waals surface area contributed by atoms with Gasteiger partial charge in [0, 0.05) is 11.3 Å². The summed E-state index contributed by atoms with van der Waals surface area (Å²) in [6, 6.07) is 16.6. The maximum absolute atomic E-state index is 13.4. The minimum atomic E-state index is -3.99. The van der Waals surface area contributed by atoms with Crippen molar-refractivity contribution in [2.75, 3.05) is 16.2 Å². The highest BCUT2D eigenvalue weighted by Gasteiger charge is 2.26. The van der Waals surface area contributed by atoms with Crippen molar-refractivity contribution in [1.29, 1.82) is 0 Å². The Hall–Kier alpha value is -3.09. The van der Waals surface area contributed by atoms with Crippen molar-refractivity contribution in [3.05, 3.63) is 101 Å². The summed E-state index contributed by atoms with van der Waals surface area (Å²) in [5, 5.41) is 3.21. The lowest BCUT2D eigenvalue weighted by molar-refractivity contribution is 0.102. The highest BCUT2D eigenvalue weighted by molar-refractivity contribution is 7.92. The first-order valence-electron chi connectivity index (χ1n) is 10.0. The number of hydrogen-bond donors (Lipinski definition) is 1. The van der Waals surface area contributed by atoms with Crippen LogP contribution >= 0.6 is 11.6 Å². The molecule has 3 aromatic rings. The van der Waals surface area contributed by atoms with Gasteiger partial charge in [0.2, 0.25) is 0 Å². The van der Waals surface area contributed by atoms with Crippen LogP contribution in [0.2, 0.25) is 5.02 Å². The fourth-order valence-corrected chi connectivity index (χ4v) is 5.37. The molecule has 1 amide bonds. The maximum atomic E-state index is 13.4. The van der Waals surface area contributed by atoms with Crippen LogP contribution < -0.4 is 9.62 Å². The molecule has 166 valence electrons. The van der Waals surface area contributed by atoms with E-state index < -0.39 is 10.0 Å². The molecule has 0 aromatic heterocycles. The third-order valence-corrected chi connectivity index (χ3v) is 7.11. The minimum absolute atomic E-state index is 0.00994. The van der Waals surface area contributed by atoms with E-state index in [1.54, 1.807) is 36.4 Å². The molecule has 0 saturated carbocycles. The van der Waals surface area contributed by atoms with E-state index in [1.807, 2.05) is 32.9 Å². The average molecular weight is 469 g/mol. The van der Waals surface area contributed by atoms with Crippen LogP contribution in [0.4, 0.5) is 11.4 Å². The highest BCUT2D eigenvalue weighted by atomic mass is 35.5. The summed E-state index contributed by atoms with van der Waals surface area (Å²) in [4.78, 5) is 12.9. The van der Waals surface area contributed by atoms with Crippen LogP contribution in [0.15, 0.2) is 78.2 Å². The van der Waals surface area contributed by atoms with E-state index in [2.05, 4.69) is 11.9 Å². The van der Waals surface area contributed by atoms with Crippen LogP contribution in [0.25, 0.3) is 0 Å². The first-order chi connectivity index (χ1) is 15.1. The summed E-state index contributed by atoms with van der Waals surface area (Å²) in [5.74, 6) is -0.384. The van der Waals surface area contributed by atoms with Crippen molar-refractivity contribution >= 4 is 38.9 Å². The topological polar surface area (TPSA) is 66.5 Å². The maximum Gasteiger partial charge on any atom is 0.264 e. The molecule has 0 heterocycles. The van der Waals surface area contributed by atoms with Crippen LogP contribution in [-0.4, -0.2) is 20.9 Å². The molecular formula is C25H25ClN2O3S. The molecule has 0 fully saturated rings. The number of hydrogen-bond acceptors (Lipinski definition) is 3. The molecule has 0 atom stereocenters. The summed E-state index contributed by atoms with van der Waals surface area (Å²) in [6.07, 6.45) is 1.49. The summed E-state index contributed by atoms with van der Waals surface area (Å²) in [5.41, 5.74) is 4.29. The summed E-state index contributed by atoms with van der Waals surface area (Å²) >= 11 is 6.26. The molecule has 0 bridgehead atoms. The summed E-state index contributed by atoms with van der Waals surface area (Å²) < 4.78 is 28.1. The van der Waals surface area contributed by atoms with E-state index in [0.717, 1.165) is 22.4 Å². The van der Waals surface area contributed by atoms with Crippen molar-refractivity contribution in [2.45, 2.75) is 25.7 Å². The summed E-state index contributed by atoms with van der Waals surface area (Å²) in [7, 11) is -3.99. The second kappa shape index (κ2) is 9.59. The Kier molecular flexibility index (Phi) is 7.06. The van der Waals surface area contributed by atoms with Crippen LogP contribution in [0.5, 0.6) is 0 Å². The fourth-order valence-electron chi connectivity index (χ4n) is 3.59. The fraction of sp³-hybridized carbons (Fsp3) is 0.160. The molecule has 0 aliphatic rings. The third-order valence-electron chi connectivity index (χ3n) is 5.02. The van der Waals surface area contributed by atoms with Crippen LogP contribution in [0.3, 0.4) is 0 Å². The van der Waals surface area contributed by atoms with E-state index in [4.69, 9.17) is 11.6 Å². The van der Waals surface area contributed by atoms with Crippen molar-refractivity contribution in [3.8, 4) is 0 Å². The first-order valence-corrected chi connectivity index (χ1v) is 11.8. The van der Waals surface area contributed by atoms with Crippen molar-refractivity contribution in [2.24, 2.45) is 0 Å². The largest absolute Gasteiger partial charge is 0.322 e. The zero-order chi connectivity index (χ0) is 23.5. The van der Waals surface area contributed by atoms with Gasteiger partial charge in [0.05, 0.1) is 22.2 Å². The molecule has 0 spiro atoms. The van der Waals surface area contributed by atoms with Crippen LogP contribution in [0, 0.1) is 20.8 Å². The molecule has 0 saturated heterocycles. The standard InChI is InChI=1S/C25H25ClN2O3S/c1-5-13-28(23-12-7-6-11-22(23)26)32(30,31)21-10-8-9-20(16-21)25(29)27-24-18(3)14-17(2)15-19(24)4/h5-12,14-16H,1,13H2,2-4H3,(H,27,29). The second-order valence-electron chi connectivity index (χ2n) is 7.53. The third kappa shape index (κ3) is 4.87. The molecule has 0 aliphatic carbocycles. The van der Waals surface area contributed by atoms with Gasteiger partial charge < -0.3 is 5.32 Å². The molecule has 0 aliphatic heterocycles. The number of nitrogens with one attached hydrogen (secondary N) is 1. The zero-order valence-electron chi connectivity index (χ0n) is 18.2. The second-order valence-corrected chi connectivity index (χ2v) is 9.80. The molecule has 3 aromatic carbocycles. The van der Waals surface area contributed by atoms with Gasteiger partial charge in [-0.2, -0.15) is 0 Å². The number of sulfonamides is 1. The van der Waals surface area contributed by atoms with Gasteiger partial charge in [0.15, 0.2) is 0 Å². The van der Waals surface area contributed by atoms with Gasteiger partial charge in [-0.1, -0.05) is 53.6 Å². The molecule has 32 heavy (non-hydrogen) atoms. The molecule has 7 heteroatoms. The number of benzene rings is 3. The number of carbonyl (C=O) groups is 1. The number of halogens is 1. The monoisotopic (exact) mass is 468 g/mol. The molecule has 3 rings (SSSR count). The first kappa shape index (κ1) is 23.6. The number of carbonyl (C=O) groups excluding carboxylic acids is 1. The quantitative estimate of drug-likeness (QED) is 0.439. The molecule has 1 N–H and O–H groups in total. The van der Waals surface area contributed by atoms with Gasteiger partial charge in [0.1, 0.15) is 0 Å². The van der Waals surface area contributed by atoms with E-state index in [0.29, 0.717) is 10.7 Å². The van der Waals surface area contributed by atoms with Crippen molar-refractivity contribution in [3.63, 3.8) is 0 Å². The van der Waals surface area contributed by atoms with Gasteiger partial charge in [-0.05, 0) is 62.2 Å². The smallest absolute Gasteiger partial charge is 0.264 e. The minimum Gasteiger partial charge on any atom is -0.322 e. The van der Waals surface area contributed by atoms with E-state index in [-0.39, 0.29) is 22.9 Å². The van der Waals surface area contributed by atoms with E-state index in [9.17, 15) is 13.2 Å². The van der Waals surface area contributed by atoms with Crippen LogP contribution in [0.1, 0.15) is 27.0 Å². The molecular weight excluding hydrogens is 444 g/mol. The Balaban J connectivity index is 1.98. The lowest BCUT2D eigenvalue weighted by atomic mass is 10.0. The Morgan fingerprint density at radius 1 is 1.03 bits per heavy atom. The van der Waals surface area contributed by atoms with Gasteiger partial charge in [-0.15, -0.1) is 6.58 Å². The van der Waals surface area contributed by atoms with Gasteiger partial charge in [-0.3, -0.25) is 9.10 Å². The molecule has 0 unspecified atom stereocenters. The Bertz CT molecular complexity index is 1260. The van der Waals surface area contributed by atoms with Crippen molar-refractivity contribution < 1.29 is 13.2 Å². The van der Waals surface area contributed by atoms with Gasteiger partial charge in [0.25, 0.3) is 15.9 Å². The lowest BCUT2D eigenvalue weighted by Gasteiger charge is -2.24. The van der Waals surface area contributed by atoms with Gasteiger partial charge >= 0.3 is 0 Å². The van der Waals surface area contributed by atoms with E-state index in [1.165, 1.54) is 22.5 Å². The number of para-hydroxylation sites is 1. The number of nitrogens with zero attached hydrogens (tertiary/aromatic N) is 1. The Morgan fingerprint density at radius 3 is 2.31 bits per heavy atom. The normalized spacial score (nSPS) is 11.1. The van der Waals surface area contributed by atoms with Crippen LogP contribution in [-0.2, 0) is 10.0 Å². The number of rotatable bonds is 7. The number of amides is 1. The predicted octanol–water partition coefficient (Wildman–Crippen LogP) is 5.90. The zero-order valence-corrected chi connectivity index (χ0v) is 19.8. The number of aryl methyl sites for hydroxylation is 3. The SMILES string of the molecule is C=CCN(c1ccccc1Cl)S(=O)(=O)c1cccc(C(=O)Nc2c(C)cc(C)cc2C)c1. The lowest BCUT2D eigenvalue weighted by Crippen LogP contribution is -2.31.